The van der Waals surface area contributed by atoms with E-state index < -0.39 is 20.0 Å². The Labute approximate surface area is 257 Å². The van der Waals surface area contributed by atoms with Crippen molar-refractivity contribution in [3.63, 3.8) is 0 Å². The first kappa shape index (κ1) is 30.8. The van der Waals surface area contributed by atoms with Gasteiger partial charge in [-0.25, -0.2) is 8.42 Å². The van der Waals surface area contributed by atoms with Crippen LogP contribution in [0.15, 0.2) is 82.6 Å². The van der Waals surface area contributed by atoms with Gasteiger partial charge in [-0.1, -0.05) is 72.8 Å². The number of rotatable bonds is 8. The first-order valence-electron chi connectivity index (χ1n) is 14.0. The van der Waals surface area contributed by atoms with E-state index in [1.54, 1.807) is 18.2 Å². The van der Waals surface area contributed by atoms with Crippen LogP contribution < -0.4 is 3.71 Å². The van der Waals surface area contributed by atoms with E-state index in [-0.39, 0.29) is 37.3 Å². The molecule has 0 spiro atoms. The predicted molar refractivity (Wildman–Crippen MR) is 165 cm³/mol. The van der Waals surface area contributed by atoms with Crippen molar-refractivity contribution in [1.82, 2.24) is 9.80 Å². The number of hydrogen-bond acceptors (Lipinski definition) is 6. The Morgan fingerprint density at radius 3 is 2.17 bits per heavy atom. The maximum absolute atomic E-state index is 14.0. The molecular formula is C30H33Cl2N3O5S2. The van der Waals surface area contributed by atoms with E-state index in [0.717, 1.165) is 31.2 Å². The fourth-order valence-corrected chi connectivity index (χ4v) is 10.1. The van der Waals surface area contributed by atoms with Crippen LogP contribution in [0.25, 0.3) is 0 Å². The quantitative estimate of drug-likeness (QED) is 0.306. The zero-order valence-corrected chi connectivity index (χ0v) is 26.2. The van der Waals surface area contributed by atoms with E-state index in [9.17, 15) is 21.6 Å². The monoisotopic (exact) mass is 649 g/mol. The van der Waals surface area contributed by atoms with Crippen LogP contribution in [0.1, 0.15) is 37.7 Å². The molecule has 0 unspecified atom stereocenters. The molecule has 1 amide bonds. The molecule has 12 heteroatoms. The fourth-order valence-electron chi connectivity index (χ4n) is 5.63. The second kappa shape index (κ2) is 12.9. The smallest absolute Gasteiger partial charge is 0.279 e. The lowest BCUT2D eigenvalue weighted by Gasteiger charge is -2.37. The molecule has 0 bridgehead atoms. The predicted octanol–water partition coefficient (Wildman–Crippen LogP) is 5.80. The standard InChI is InChI=1S/C30H33Cl2N3O5S2/c31-25-11-7-13-27(21-25)41(37,38)35(42(39,40)29-15-5-4-14-28(29)32)26-12-6-8-23(20-26)22-33-16-18-34(19-17-33)30(36)24-9-2-1-3-10-24/h4-8,11-15,20-21,24H,1-3,9-10,16-19,22H2. The molecule has 3 aromatic carbocycles. The highest BCUT2D eigenvalue weighted by Gasteiger charge is 2.38. The van der Waals surface area contributed by atoms with Crippen molar-refractivity contribution >= 4 is 54.8 Å². The maximum atomic E-state index is 14.0. The Bertz CT molecular complexity index is 1650. The number of carbonyl (C=O) groups is 1. The van der Waals surface area contributed by atoms with Gasteiger partial charge in [-0.2, -0.15) is 12.1 Å². The van der Waals surface area contributed by atoms with Gasteiger partial charge in [0.05, 0.1) is 15.6 Å². The molecule has 2 fully saturated rings. The van der Waals surface area contributed by atoms with Crippen molar-refractivity contribution in [3.8, 4) is 0 Å². The summed E-state index contributed by atoms with van der Waals surface area (Å²) >= 11 is 12.3. The van der Waals surface area contributed by atoms with Crippen molar-refractivity contribution in [1.29, 1.82) is 0 Å². The summed E-state index contributed by atoms with van der Waals surface area (Å²) in [5.41, 5.74) is 0.693. The summed E-state index contributed by atoms with van der Waals surface area (Å²) in [6, 6.07) is 17.7. The summed E-state index contributed by atoms with van der Waals surface area (Å²) in [6.45, 7) is 3.07. The van der Waals surface area contributed by atoms with Crippen molar-refractivity contribution < 1.29 is 21.6 Å². The van der Waals surface area contributed by atoms with E-state index in [1.807, 2.05) is 11.0 Å². The van der Waals surface area contributed by atoms with Crippen molar-refractivity contribution in [2.24, 2.45) is 5.92 Å². The van der Waals surface area contributed by atoms with E-state index in [0.29, 0.717) is 36.4 Å². The minimum atomic E-state index is -4.67. The van der Waals surface area contributed by atoms with E-state index in [2.05, 4.69) is 4.90 Å². The molecule has 1 aliphatic heterocycles. The van der Waals surface area contributed by atoms with E-state index in [4.69, 9.17) is 23.2 Å². The molecule has 0 radical (unpaired) electrons. The molecule has 0 aromatic heterocycles. The maximum Gasteiger partial charge on any atom is 0.279 e. The summed E-state index contributed by atoms with van der Waals surface area (Å²) in [4.78, 5) is 16.5. The first-order valence-corrected chi connectivity index (χ1v) is 17.6. The number of amides is 1. The van der Waals surface area contributed by atoms with Crippen LogP contribution in [0.2, 0.25) is 10.0 Å². The normalized spacial score (nSPS) is 17.2. The van der Waals surface area contributed by atoms with E-state index in [1.165, 1.54) is 55.0 Å². The van der Waals surface area contributed by atoms with Gasteiger partial charge >= 0.3 is 0 Å². The number of hydrogen-bond donors (Lipinski definition) is 0. The minimum Gasteiger partial charge on any atom is -0.340 e. The highest BCUT2D eigenvalue weighted by Crippen LogP contribution is 2.35. The van der Waals surface area contributed by atoms with Crippen LogP contribution in [0.3, 0.4) is 0 Å². The average Bonchev–Trinajstić information content (AvgIpc) is 2.98. The van der Waals surface area contributed by atoms with Crippen LogP contribution in [0.5, 0.6) is 0 Å². The summed E-state index contributed by atoms with van der Waals surface area (Å²) in [5, 5.41) is 0.0571. The molecule has 224 valence electrons. The van der Waals surface area contributed by atoms with Crippen molar-refractivity contribution in [3.05, 3.63) is 88.4 Å². The lowest BCUT2D eigenvalue weighted by molar-refractivity contribution is -0.138. The van der Waals surface area contributed by atoms with Crippen LogP contribution in [0, 0.1) is 5.92 Å². The molecule has 1 heterocycles. The summed E-state index contributed by atoms with van der Waals surface area (Å²) in [7, 11) is -9.30. The van der Waals surface area contributed by atoms with Crippen LogP contribution in [0.4, 0.5) is 5.69 Å². The molecule has 42 heavy (non-hydrogen) atoms. The molecule has 0 atom stereocenters. The molecule has 0 N–H and O–H groups in total. The molecule has 8 nitrogen and oxygen atoms in total. The molecule has 2 aliphatic rings. The summed E-state index contributed by atoms with van der Waals surface area (Å²) in [6.07, 6.45) is 5.37. The van der Waals surface area contributed by atoms with Gasteiger partial charge in [0.1, 0.15) is 4.90 Å². The highest BCUT2D eigenvalue weighted by molar-refractivity contribution is 8.10. The Hall–Kier alpha value is -2.63. The second-order valence-corrected chi connectivity index (χ2v) is 15.3. The second-order valence-electron chi connectivity index (χ2n) is 10.7. The van der Waals surface area contributed by atoms with Gasteiger partial charge in [0.2, 0.25) is 5.91 Å². The van der Waals surface area contributed by atoms with Gasteiger partial charge in [0, 0.05) is 43.7 Å². The lowest BCUT2D eigenvalue weighted by atomic mass is 9.88. The molecule has 1 saturated carbocycles. The number of piperazine rings is 1. The number of sulfonamides is 2. The number of nitrogens with zero attached hydrogens (tertiary/aromatic N) is 3. The van der Waals surface area contributed by atoms with Crippen LogP contribution in [-0.2, 0) is 31.4 Å². The van der Waals surface area contributed by atoms with Crippen LogP contribution >= 0.6 is 23.2 Å². The number of benzene rings is 3. The topological polar surface area (TPSA) is 95.1 Å². The van der Waals surface area contributed by atoms with Gasteiger partial charge in [-0.15, -0.1) is 0 Å². The molecule has 1 saturated heterocycles. The zero-order valence-electron chi connectivity index (χ0n) is 23.0. The number of halogens is 2. The lowest BCUT2D eigenvalue weighted by Crippen LogP contribution is -2.50. The Kier molecular flexibility index (Phi) is 9.49. The van der Waals surface area contributed by atoms with Gasteiger partial charge in [0.25, 0.3) is 20.0 Å². The third-order valence-electron chi connectivity index (χ3n) is 7.81. The number of carbonyl (C=O) groups excluding carboxylic acids is 1. The van der Waals surface area contributed by atoms with Gasteiger partial charge in [0.15, 0.2) is 0 Å². The highest BCUT2D eigenvalue weighted by atomic mass is 35.5. The summed E-state index contributed by atoms with van der Waals surface area (Å²) < 4.78 is 56.3. The Balaban J connectivity index is 1.41. The Morgan fingerprint density at radius 2 is 1.48 bits per heavy atom. The third kappa shape index (κ3) is 6.63. The fraction of sp³-hybridized carbons (Fsp3) is 0.367. The third-order valence-corrected chi connectivity index (χ3v) is 12.7. The van der Waals surface area contributed by atoms with Gasteiger partial charge in [-0.05, 0) is 60.9 Å². The summed E-state index contributed by atoms with van der Waals surface area (Å²) in [5.74, 6) is 0.387. The zero-order chi connectivity index (χ0) is 29.9. The molecule has 3 aromatic rings. The van der Waals surface area contributed by atoms with Crippen molar-refractivity contribution in [2.75, 3.05) is 29.9 Å². The van der Waals surface area contributed by atoms with Crippen molar-refractivity contribution in [2.45, 2.75) is 48.4 Å². The SMILES string of the molecule is O=C(C1CCCCC1)N1CCN(Cc2cccc(N(S(=O)(=O)c3cccc(Cl)c3)S(=O)(=O)c3ccccc3Cl)c2)CC1. The molecular weight excluding hydrogens is 617 g/mol. The van der Waals surface area contributed by atoms with E-state index >= 15 is 0 Å². The Morgan fingerprint density at radius 1 is 0.786 bits per heavy atom. The first-order chi connectivity index (χ1) is 20.1. The van der Waals surface area contributed by atoms with Gasteiger partial charge in [-0.3, -0.25) is 9.69 Å². The molecule has 1 aliphatic carbocycles. The van der Waals surface area contributed by atoms with Gasteiger partial charge < -0.3 is 4.90 Å². The van der Waals surface area contributed by atoms with Crippen LogP contribution in [-0.4, -0.2) is 58.7 Å². The average molecular weight is 651 g/mol. The number of anilines is 1. The minimum absolute atomic E-state index is 0.0430. The molecule has 5 rings (SSSR count). The largest absolute Gasteiger partial charge is 0.340 e.